The molecule has 0 unspecified atom stereocenters. The van der Waals surface area contributed by atoms with Crippen molar-refractivity contribution in [2.75, 3.05) is 0 Å². The van der Waals surface area contributed by atoms with Crippen molar-refractivity contribution in [1.82, 2.24) is 4.98 Å². The van der Waals surface area contributed by atoms with Gasteiger partial charge in [0.05, 0.1) is 5.52 Å². The van der Waals surface area contributed by atoms with Gasteiger partial charge in [0.25, 0.3) is 0 Å². The number of halogens is 3. The Morgan fingerprint density at radius 1 is 0.895 bits per heavy atom. The molecule has 3 rings (SSSR count). The highest BCUT2D eigenvalue weighted by Crippen LogP contribution is 2.31. The molecule has 4 heteroatoms. The Kier molecular flexibility index (Phi) is 2.59. The van der Waals surface area contributed by atoms with Crippen molar-refractivity contribution in [3.8, 4) is 11.3 Å². The van der Waals surface area contributed by atoms with E-state index in [2.05, 4.69) is 4.98 Å². The van der Waals surface area contributed by atoms with Gasteiger partial charge in [-0.15, -0.1) is 0 Å². The third-order valence-electron chi connectivity index (χ3n) is 3.22. The zero-order chi connectivity index (χ0) is 13.6. The Morgan fingerprint density at radius 2 is 1.58 bits per heavy atom. The maximum absolute atomic E-state index is 13.7. The van der Waals surface area contributed by atoms with Gasteiger partial charge in [-0.3, -0.25) is 0 Å². The zero-order valence-electron chi connectivity index (χ0n) is 10.1. The second kappa shape index (κ2) is 4.16. The molecule has 2 aromatic carbocycles. The Bertz CT molecular complexity index is 757. The molecule has 0 fully saturated rings. The summed E-state index contributed by atoms with van der Waals surface area (Å²) in [4.78, 5) is 2.93. The minimum Gasteiger partial charge on any atom is -0.352 e. The molecular weight excluding hydrogens is 251 g/mol. The highest BCUT2D eigenvalue weighted by Gasteiger charge is 2.13. The van der Waals surface area contributed by atoms with Crippen LogP contribution in [0.4, 0.5) is 13.2 Å². The summed E-state index contributed by atoms with van der Waals surface area (Å²) >= 11 is 0. The van der Waals surface area contributed by atoms with E-state index in [0.29, 0.717) is 11.1 Å². The molecule has 0 bridgehead atoms. The summed E-state index contributed by atoms with van der Waals surface area (Å²) in [5.41, 5.74) is 2.40. The van der Waals surface area contributed by atoms with Crippen molar-refractivity contribution in [2.45, 2.75) is 6.92 Å². The van der Waals surface area contributed by atoms with Crippen molar-refractivity contribution in [2.24, 2.45) is 0 Å². The summed E-state index contributed by atoms with van der Waals surface area (Å²) in [5.74, 6) is -1.58. The second-order valence-corrected chi connectivity index (χ2v) is 4.44. The van der Waals surface area contributed by atoms with Crippen LogP contribution in [0.3, 0.4) is 0 Å². The molecule has 0 saturated carbocycles. The average Bonchev–Trinajstić information content (AvgIpc) is 2.69. The van der Waals surface area contributed by atoms with Gasteiger partial charge in [-0.2, -0.15) is 0 Å². The highest BCUT2D eigenvalue weighted by atomic mass is 19.1. The standard InChI is InChI=1S/C15H10F3N/c1-8-12-6-11(17)7-13(18)15(12)19-14(8)9-2-4-10(16)5-3-9/h2-7,19H,1H3. The lowest BCUT2D eigenvalue weighted by Crippen LogP contribution is -1.81. The van der Waals surface area contributed by atoms with E-state index in [-0.39, 0.29) is 11.3 Å². The van der Waals surface area contributed by atoms with Crippen molar-refractivity contribution in [3.63, 3.8) is 0 Å². The summed E-state index contributed by atoms with van der Waals surface area (Å²) in [6.07, 6.45) is 0. The van der Waals surface area contributed by atoms with Crippen LogP contribution in [-0.4, -0.2) is 4.98 Å². The number of aromatic nitrogens is 1. The Labute approximate surface area is 107 Å². The molecule has 1 nitrogen and oxygen atoms in total. The van der Waals surface area contributed by atoms with Crippen LogP contribution in [0.15, 0.2) is 36.4 Å². The molecule has 3 aromatic rings. The number of aromatic amines is 1. The van der Waals surface area contributed by atoms with E-state index in [4.69, 9.17) is 0 Å². The fourth-order valence-electron chi connectivity index (χ4n) is 2.26. The third kappa shape index (κ3) is 1.89. The molecule has 0 radical (unpaired) electrons. The molecule has 0 aliphatic rings. The van der Waals surface area contributed by atoms with E-state index in [0.717, 1.165) is 17.2 Å². The lowest BCUT2D eigenvalue weighted by atomic mass is 10.1. The minimum absolute atomic E-state index is 0.262. The van der Waals surface area contributed by atoms with Gasteiger partial charge in [-0.05, 0) is 48.4 Å². The van der Waals surface area contributed by atoms with Crippen LogP contribution in [0.25, 0.3) is 22.2 Å². The molecule has 0 saturated heterocycles. The molecule has 0 atom stereocenters. The predicted molar refractivity (Wildman–Crippen MR) is 68.3 cm³/mol. The number of H-pyrrole nitrogens is 1. The quantitative estimate of drug-likeness (QED) is 0.661. The third-order valence-corrected chi connectivity index (χ3v) is 3.22. The first-order valence-corrected chi connectivity index (χ1v) is 5.79. The van der Waals surface area contributed by atoms with E-state index >= 15 is 0 Å². The van der Waals surface area contributed by atoms with E-state index in [1.165, 1.54) is 18.2 Å². The van der Waals surface area contributed by atoms with Crippen LogP contribution in [0.5, 0.6) is 0 Å². The van der Waals surface area contributed by atoms with Crippen molar-refractivity contribution < 1.29 is 13.2 Å². The maximum atomic E-state index is 13.7. The number of benzene rings is 2. The van der Waals surface area contributed by atoms with Crippen LogP contribution in [0.1, 0.15) is 5.56 Å². The van der Waals surface area contributed by atoms with Crippen LogP contribution in [0, 0.1) is 24.4 Å². The Hall–Kier alpha value is -2.23. The topological polar surface area (TPSA) is 15.8 Å². The Morgan fingerprint density at radius 3 is 2.26 bits per heavy atom. The summed E-state index contributed by atoms with van der Waals surface area (Å²) in [6.45, 7) is 1.77. The SMILES string of the molecule is Cc1c(-c2ccc(F)cc2)[nH]c2c(F)cc(F)cc12. The molecule has 0 spiro atoms. The molecule has 1 N–H and O–H groups in total. The van der Waals surface area contributed by atoms with E-state index < -0.39 is 11.6 Å². The van der Waals surface area contributed by atoms with Crippen molar-refractivity contribution in [3.05, 3.63) is 59.4 Å². The molecule has 96 valence electrons. The first-order chi connectivity index (χ1) is 9.06. The van der Waals surface area contributed by atoms with Gasteiger partial charge >= 0.3 is 0 Å². The van der Waals surface area contributed by atoms with Gasteiger partial charge in [-0.25, -0.2) is 13.2 Å². The van der Waals surface area contributed by atoms with Crippen LogP contribution < -0.4 is 0 Å². The fourth-order valence-corrected chi connectivity index (χ4v) is 2.26. The van der Waals surface area contributed by atoms with E-state index in [9.17, 15) is 13.2 Å². The number of rotatable bonds is 1. The van der Waals surface area contributed by atoms with Crippen LogP contribution >= 0.6 is 0 Å². The number of hydrogen-bond acceptors (Lipinski definition) is 0. The number of hydrogen-bond donors (Lipinski definition) is 1. The number of nitrogens with one attached hydrogen (secondary N) is 1. The van der Waals surface area contributed by atoms with Gasteiger partial charge < -0.3 is 4.98 Å². The molecule has 0 amide bonds. The fraction of sp³-hybridized carbons (Fsp3) is 0.0667. The molecule has 1 aromatic heterocycles. The monoisotopic (exact) mass is 261 g/mol. The van der Waals surface area contributed by atoms with Crippen LogP contribution in [0.2, 0.25) is 0 Å². The van der Waals surface area contributed by atoms with Crippen molar-refractivity contribution >= 4 is 10.9 Å². The normalized spacial score (nSPS) is 11.2. The van der Waals surface area contributed by atoms with Crippen molar-refractivity contribution in [1.29, 1.82) is 0 Å². The van der Waals surface area contributed by atoms with E-state index in [1.807, 2.05) is 0 Å². The minimum atomic E-state index is -0.633. The highest BCUT2D eigenvalue weighted by molar-refractivity contribution is 5.90. The first-order valence-electron chi connectivity index (χ1n) is 5.79. The molecule has 0 aliphatic heterocycles. The van der Waals surface area contributed by atoms with Gasteiger partial charge in [-0.1, -0.05) is 0 Å². The molecule has 0 aliphatic carbocycles. The molecule has 19 heavy (non-hydrogen) atoms. The predicted octanol–water partition coefficient (Wildman–Crippen LogP) is 4.56. The first kappa shape index (κ1) is 11.8. The molecular formula is C15H10F3N. The number of fused-ring (bicyclic) bond motifs is 1. The summed E-state index contributed by atoms with van der Waals surface area (Å²) < 4.78 is 39.8. The zero-order valence-corrected chi connectivity index (χ0v) is 10.1. The summed E-state index contributed by atoms with van der Waals surface area (Å²) in [6, 6.07) is 7.99. The van der Waals surface area contributed by atoms with Gasteiger partial charge in [0.1, 0.15) is 17.5 Å². The summed E-state index contributed by atoms with van der Waals surface area (Å²) in [5, 5.41) is 0.497. The largest absolute Gasteiger partial charge is 0.352 e. The average molecular weight is 261 g/mol. The van der Waals surface area contributed by atoms with Gasteiger partial charge in [0.2, 0.25) is 0 Å². The summed E-state index contributed by atoms with van der Waals surface area (Å²) in [7, 11) is 0. The molecule has 1 heterocycles. The Balaban J connectivity index is 2.28. The lowest BCUT2D eigenvalue weighted by molar-refractivity contribution is 0.591. The van der Waals surface area contributed by atoms with Crippen LogP contribution in [-0.2, 0) is 0 Å². The van der Waals surface area contributed by atoms with E-state index in [1.54, 1.807) is 19.1 Å². The lowest BCUT2D eigenvalue weighted by Gasteiger charge is -2.00. The maximum Gasteiger partial charge on any atom is 0.150 e. The number of aryl methyl sites for hydroxylation is 1. The van der Waals surface area contributed by atoms with Gasteiger partial charge in [0, 0.05) is 17.1 Å². The van der Waals surface area contributed by atoms with Gasteiger partial charge in [0.15, 0.2) is 0 Å². The second-order valence-electron chi connectivity index (χ2n) is 4.44. The smallest absolute Gasteiger partial charge is 0.150 e.